The van der Waals surface area contributed by atoms with Gasteiger partial charge in [-0.05, 0) is 75.4 Å². The smallest absolute Gasteiger partial charge is 0.264 e. The van der Waals surface area contributed by atoms with E-state index in [4.69, 9.17) is 32.5 Å². The number of carbonyl (C=O) groups is 1. The lowest BCUT2D eigenvalue weighted by Crippen LogP contribution is -2.38. The third-order valence-corrected chi connectivity index (χ3v) is 10.3. The first-order chi connectivity index (χ1) is 20.1. The lowest BCUT2D eigenvalue weighted by Gasteiger charge is -2.33. The van der Waals surface area contributed by atoms with E-state index in [1.165, 1.54) is 6.92 Å². The number of halogens is 2. The van der Waals surface area contributed by atoms with Crippen LogP contribution in [0.25, 0.3) is 11.3 Å². The van der Waals surface area contributed by atoms with Crippen LogP contribution in [0.4, 0.5) is 5.69 Å². The Kier molecular flexibility index (Phi) is 8.28. The van der Waals surface area contributed by atoms with E-state index >= 15 is 0 Å². The van der Waals surface area contributed by atoms with E-state index in [2.05, 4.69) is 14.8 Å². The molecule has 224 valence electrons. The minimum absolute atomic E-state index is 0.0569. The van der Waals surface area contributed by atoms with Gasteiger partial charge >= 0.3 is 0 Å². The predicted molar refractivity (Wildman–Crippen MR) is 160 cm³/mol. The van der Waals surface area contributed by atoms with E-state index in [-0.39, 0.29) is 23.8 Å². The molecule has 1 aliphatic heterocycles. The molecule has 0 spiro atoms. The molecule has 1 saturated heterocycles. The SMILES string of the molecule is CC(O)CCS(=O)(=O)NC(=O)c1ccc(N2C[C@@H]3C[C@H]2C[C@H]3OCc2c(-c3c(Cl)cccc3Cl)noc2C2CC2)cc1. The maximum atomic E-state index is 12.5. The van der Waals surface area contributed by atoms with Gasteiger partial charge in [-0.2, -0.15) is 0 Å². The molecule has 2 aromatic carbocycles. The molecule has 9 nitrogen and oxygen atoms in total. The minimum Gasteiger partial charge on any atom is -0.393 e. The van der Waals surface area contributed by atoms with Gasteiger partial charge in [0.25, 0.3) is 5.91 Å². The van der Waals surface area contributed by atoms with Crippen molar-refractivity contribution in [3.63, 3.8) is 0 Å². The third kappa shape index (κ3) is 6.19. The molecule has 2 aliphatic carbocycles. The normalized spacial score (nSPS) is 22.5. The molecular weight excluding hydrogens is 601 g/mol. The zero-order valence-electron chi connectivity index (χ0n) is 23.1. The number of benzene rings is 2. The molecule has 1 amide bonds. The molecule has 1 unspecified atom stereocenters. The van der Waals surface area contributed by atoms with Gasteiger partial charge in [0, 0.05) is 46.8 Å². The molecule has 2 saturated carbocycles. The van der Waals surface area contributed by atoms with Gasteiger partial charge in [0.1, 0.15) is 11.5 Å². The number of aromatic nitrogens is 1. The van der Waals surface area contributed by atoms with Crippen molar-refractivity contribution in [3.8, 4) is 11.3 Å². The molecule has 3 aromatic rings. The Bertz CT molecular complexity index is 1550. The number of fused-ring (bicyclic) bond motifs is 2. The Hall–Kier alpha value is -2.63. The van der Waals surface area contributed by atoms with Crippen LogP contribution in [0.2, 0.25) is 10.0 Å². The van der Waals surface area contributed by atoms with Crippen LogP contribution in [0.3, 0.4) is 0 Å². The Balaban J connectivity index is 1.08. The summed E-state index contributed by atoms with van der Waals surface area (Å²) in [6.45, 7) is 2.72. The molecule has 2 heterocycles. The van der Waals surface area contributed by atoms with Gasteiger partial charge in [0.05, 0.1) is 34.6 Å². The summed E-state index contributed by atoms with van der Waals surface area (Å²) in [5, 5.41) is 14.8. The number of carbonyl (C=O) groups excluding carboxylic acids is 1. The molecule has 2 N–H and O–H groups in total. The summed E-state index contributed by atoms with van der Waals surface area (Å²) in [4.78, 5) is 14.8. The number of rotatable bonds is 11. The van der Waals surface area contributed by atoms with Crippen LogP contribution in [-0.2, 0) is 21.4 Å². The van der Waals surface area contributed by atoms with Crippen molar-refractivity contribution in [2.75, 3.05) is 17.2 Å². The molecule has 3 aliphatic rings. The van der Waals surface area contributed by atoms with E-state index < -0.39 is 22.0 Å². The average Bonchev–Trinajstić information content (AvgIpc) is 3.40. The maximum absolute atomic E-state index is 12.5. The van der Waals surface area contributed by atoms with Crippen molar-refractivity contribution in [3.05, 3.63) is 69.4 Å². The summed E-state index contributed by atoms with van der Waals surface area (Å²) < 4.78 is 38.6. The fourth-order valence-corrected chi connectivity index (χ4v) is 7.78. The second kappa shape index (κ2) is 11.8. The van der Waals surface area contributed by atoms with Crippen molar-refractivity contribution >= 4 is 44.8 Å². The number of aliphatic hydroxyl groups is 1. The number of ether oxygens (including phenoxy) is 1. The molecule has 1 aromatic heterocycles. The number of aliphatic hydroxyl groups excluding tert-OH is 1. The van der Waals surface area contributed by atoms with Gasteiger partial charge in [-0.3, -0.25) is 4.79 Å². The Morgan fingerprint density at radius 2 is 1.88 bits per heavy atom. The number of nitrogens with one attached hydrogen (secondary N) is 1. The summed E-state index contributed by atoms with van der Waals surface area (Å²) in [5.74, 6) is 0.582. The van der Waals surface area contributed by atoms with E-state index in [1.54, 1.807) is 30.3 Å². The zero-order valence-corrected chi connectivity index (χ0v) is 25.5. The molecule has 12 heteroatoms. The summed E-state index contributed by atoms with van der Waals surface area (Å²) in [5.41, 5.74) is 3.49. The van der Waals surface area contributed by atoms with Gasteiger partial charge in [-0.25, -0.2) is 13.1 Å². The Morgan fingerprint density at radius 1 is 1.17 bits per heavy atom. The fourth-order valence-electron chi connectivity index (χ4n) is 6.05. The number of nitrogens with zero attached hydrogens (tertiary/aromatic N) is 2. The van der Waals surface area contributed by atoms with Gasteiger partial charge in [-0.15, -0.1) is 0 Å². The van der Waals surface area contributed by atoms with E-state index in [0.29, 0.717) is 45.8 Å². The molecule has 3 fully saturated rings. The highest BCUT2D eigenvalue weighted by atomic mass is 35.5. The number of anilines is 1. The van der Waals surface area contributed by atoms with Gasteiger partial charge in [0.15, 0.2) is 0 Å². The van der Waals surface area contributed by atoms with Crippen molar-refractivity contribution in [1.29, 1.82) is 0 Å². The summed E-state index contributed by atoms with van der Waals surface area (Å²) in [6, 6.07) is 12.7. The van der Waals surface area contributed by atoms with Crippen molar-refractivity contribution in [2.24, 2.45) is 5.92 Å². The monoisotopic (exact) mass is 633 g/mol. The summed E-state index contributed by atoms with van der Waals surface area (Å²) >= 11 is 13.0. The number of piperidine rings is 1. The zero-order chi connectivity index (χ0) is 29.6. The maximum Gasteiger partial charge on any atom is 0.264 e. The van der Waals surface area contributed by atoms with Gasteiger partial charge < -0.3 is 19.3 Å². The number of hydrogen-bond donors (Lipinski definition) is 2. The van der Waals surface area contributed by atoms with Crippen LogP contribution in [0.1, 0.15) is 66.6 Å². The van der Waals surface area contributed by atoms with Crippen LogP contribution in [-0.4, -0.2) is 55.1 Å². The lowest BCUT2D eigenvalue weighted by molar-refractivity contribution is 0.0122. The number of hydrogen-bond acceptors (Lipinski definition) is 8. The quantitative estimate of drug-likeness (QED) is 0.282. The van der Waals surface area contributed by atoms with Crippen LogP contribution in [0, 0.1) is 5.92 Å². The average molecular weight is 635 g/mol. The minimum atomic E-state index is -3.82. The summed E-state index contributed by atoms with van der Waals surface area (Å²) in [7, 11) is -3.82. The third-order valence-electron chi connectivity index (χ3n) is 8.40. The first kappa shape index (κ1) is 29.4. The Morgan fingerprint density at radius 3 is 2.50 bits per heavy atom. The van der Waals surface area contributed by atoms with E-state index in [1.807, 2.05) is 12.1 Å². The molecule has 2 bridgehead atoms. The topological polar surface area (TPSA) is 122 Å². The van der Waals surface area contributed by atoms with Crippen molar-refractivity contribution < 1.29 is 27.6 Å². The number of amides is 1. The van der Waals surface area contributed by atoms with Crippen LogP contribution in [0.15, 0.2) is 47.0 Å². The van der Waals surface area contributed by atoms with E-state index in [0.717, 1.165) is 49.2 Å². The lowest BCUT2D eigenvalue weighted by atomic mass is 10.0. The predicted octanol–water partition coefficient (Wildman–Crippen LogP) is 5.54. The highest BCUT2D eigenvalue weighted by Gasteiger charge is 2.45. The highest BCUT2D eigenvalue weighted by Crippen LogP contribution is 2.47. The number of sulfonamides is 1. The standard InChI is InChI=1S/C30H33Cl2N3O6S/c1-17(36)11-12-42(38,39)34-30(37)19-7-9-21(10-8-19)35-15-20-13-22(35)14-26(20)40-16-23-28(33-41-29(23)18-5-6-18)27-24(31)3-2-4-25(27)32/h2-4,7-10,17-18,20,22,26,36H,5-6,11-16H2,1H3,(H,34,37)/t17?,20-,22-,26+/m0/s1. The molecule has 4 atom stereocenters. The summed E-state index contributed by atoms with van der Waals surface area (Å²) in [6.07, 6.45) is 3.42. The highest BCUT2D eigenvalue weighted by molar-refractivity contribution is 7.90. The Labute approximate surface area is 255 Å². The van der Waals surface area contributed by atoms with Gasteiger partial charge in [-0.1, -0.05) is 34.4 Å². The van der Waals surface area contributed by atoms with Crippen LogP contribution >= 0.6 is 23.2 Å². The van der Waals surface area contributed by atoms with E-state index in [9.17, 15) is 18.3 Å². The van der Waals surface area contributed by atoms with Crippen molar-refractivity contribution in [1.82, 2.24) is 9.88 Å². The molecular formula is C30H33Cl2N3O6S. The second-order valence-electron chi connectivity index (χ2n) is 11.6. The first-order valence-corrected chi connectivity index (χ1v) is 16.6. The van der Waals surface area contributed by atoms with Gasteiger partial charge in [0.2, 0.25) is 10.0 Å². The largest absolute Gasteiger partial charge is 0.393 e. The molecule has 0 radical (unpaired) electrons. The van der Waals surface area contributed by atoms with Crippen LogP contribution in [0.5, 0.6) is 0 Å². The molecule has 42 heavy (non-hydrogen) atoms. The van der Waals surface area contributed by atoms with Crippen molar-refractivity contribution in [2.45, 2.75) is 69.8 Å². The second-order valence-corrected chi connectivity index (χ2v) is 14.2. The first-order valence-electron chi connectivity index (χ1n) is 14.2. The van der Waals surface area contributed by atoms with Crippen LogP contribution < -0.4 is 9.62 Å². The fraction of sp³-hybridized carbons (Fsp3) is 0.467. The molecule has 6 rings (SSSR count).